The largest absolute Gasteiger partial charge is 0.493 e. The molecule has 27 heavy (non-hydrogen) atoms. The van der Waals surface area contributed by atoms with Gasteiger partial charge >= 0.3 is 5.97 Å². The Morgan fingerprint density at radius 1 is 1.15 bits per heavy atom. The number of aryl methyl sites for hydroxylation is 1. The summed E-state index contributed by atoms with van der Waals surface area (Å²) < 4.78 is 10.6. The van der Waals surface area contributed by atoms with Gasteiger partial charge in [-0.15, -0.1) is 11.3 Å². The summed E-state index contributed by atoms with van der Waals surface area (Å²) in [7, 11) is 3.15. The number of carbonyl (C=O) groups excluding carboxylic acids is 1. The van der Waals surface area contributed by atoms with E-state index in [4.69, 9.17) is 14.6 Å². The van der Waals surface area contributed by atoms with Crippen molar-refractivity contribution in [2.75, 3.05) is 20.8 Å². The molecule has 0 saturated carbocycles. The average molecular weight is 392 g/mol. The number of unbranched alkanes of at least 4 members (excludes halogenated alkanes) is 2. The lowest BCUT2D eigenvalue weighted by Crippen LogP contribution is -2.24. The smallest absolute Gasteiger partial charge is 0.303 e. The molecule has 0 radical (unpaired) electrons. The van der Waals surface area contributed by atoms with E-state index in [9.17, 15) is 9.59 Å². The molecule has 1 aromatic carbocycles. The Hall–Kier alpha value is -2.61. The number of ether oxygens (including phenoxy) is 2. The highest BCUT2D eigenvalue weighted by atomic mass is 32.1. The molecule has 146 valence electrons. The van der Waals surface area contributed by atoms with Gasteiger partial charge in [0.05, 0.1) is 19.9 Å². The van der Waals surface area contributed by atoms with E-state index < -0.39 is 5.97 Å². The second kappa shape index (κ2) is 9.91. The Bertz CT molecular complexity index is 803. The highest BCUT2D eigenvalue weighted by Crippen LogP contribution is 2.34. The number of aliphatic carboxylic acids is 1. The molecule has 0 spiro atoms. The van der Waals surface area contributed by atoms with E-state index in [-0.39, 0.29) is 12.3 Å². The molecule has 0 aliphatic heterocycles. The molecule has 8 heteroatoms. The van der Waals surface area contributed by atoms with Crippen LogP contribution in [0.5, 0.6) is 11.5 Å². The SMILES string of the molecule is COc1ccc(-c2nc(C)c(C(=O)NCCCCCC(=O)O)s2)cc1OC. The van der Waals surface area contributed by atoms with Crippen molar-refractivity contribution in [2.45, 2.75) is 32.6 Å². The van der Waals surface area contributed by atoms with Crippen LogP contribution in [-0.2, 0) is 4.79 Å². The Labute approximate surface area is 162 Å². The Kier molecular flexibility index (Phi) is 7.60. The van der Waals surface area contributed by atoms with E-state index in [1.165, 1.54) is 11.3 Å². The zero-order chi connectivity index (χ0) is 19.8. The van der Waals surface area contributed by atoms with Crippen LogP contribution in [0.3, 0.4) is 0 Å². The van der Waals surface area contributed by atoms with Crippen molar-refractivity contribution in [3.8, 4) is 22.1 Å². The molecule has 0 unspecified atom stereocenters. The maximum Gasteiger partial charge on any atom is 0.303 e. The lowest BCUT2D eigenvalue weighted by atomic mass is 10.2. The molecule has 2 rings (SSSR count). The van der Waals surface area contributed by atoms with Gasteiger partial charge in [0.1, 0.15) is 9.88 Å². The number of thiazole rings is 1. The van der Waals surface area contributed by atoms with Crippen LogP contribution >= 0.6 is 11.3 Å². The lowest BCUT2D eigenvalue weighted by molar-refractivity contribution is -0.137. The fourth-order valence-corrected chi connectivity index (χ4v) is 3.54. The molecule has 1 aromatic heterocycles. The molecular weight excluding hydrogens is 368 g/mol. The third-order valence-electron chi connectivity index (χ3n) is 3.99. The van der Waals surface area contributed by atoms with Gasteiger partial charge in [-0.1, -0.05) is 6.42 Å². The molecule has 0 atom stereocenters. The second-order valence-electron chi connectivity index (χ2n) is 5.96. The van der Waals surface area contributed by atoms with Crippen LogP contribution in [0.15, 0.2) is 18.2 Å². The number of carboxylic acid groups (broad SMARTS) is 1. The Morgan fingerprint density at radius 2 is 1.89 bits per heavy atom. The molecule has 2 N–H and O–H groups in total. The molecule has 0 aliphatic rings. The normalized spacial score (nSPS) is 10.5. The van der Waals surface area contributed by atoms with Gasteiger partial charge in [-0.05, 0) is 38.0 Å². The number of nitrogens with zero attached hydrogens (tertiary/aromatic N) is 1. The lowest BCUT2D eigenvalue weighted by Gasteiger charge is -2.08. The monoisotopic (exact) mass is 392 g/mol. The van der Waals surface area contributed by atoms with Crippen LogP contribution in [0.2, 0.25) is 0 Å². The van der Waals surface area contributed by atoms with Crippen molar-refractivity contribution in [3.05, 3.63) is 28.8 Å². The second-order valence-corrected chi connectivity index (χ2v) is 6.96. The van der Waals surface area contributed by atoms with Crippen molar-refractivity contribution < 1.29 is 24.2 Å². The van der Waals surface area contributed by atoms with E-state index in [0.29, 0.717) is 35.0 Å². The predicted octanol–water partition coefficient (Wildman–Crippen LogP) is 3.51. The van der Waals surface area contributed by atoms with Crippen molar-refractivity contribution in [2.24, 2.45) is 0 Å². The van der Waals surface area contributed by atoms with E-state index in [1.54, 1.807) is 14.2 Å². The summed E-state index contributed by atoms with van der Waals surface area (Å²) in [4.78, 5) is 27.9. The molecule has 7 nitrogen and oxygen atoms in total. The van der Waals surface area contributed by atoms with Crippen molar-refractivity contribution in [3.63, 3.8) is 0 Å². The molecule has 0 aliphatic carbocycles. The highest BCUT2D eigenvalue weighted by Gasteiger charge is 2.17. The van der Waals surface area contributed by atoms with Crippen LogP contribution in [0, 0.1) is 6.92 Å². The van der Waals surface area contributed by atoms with Gasteiger partial charge in [0, 0.05) is 18.5 Å². The van der Waals surface area contributed by atoms with E-state index in [1.807, 2.05) is 25.1 Å². The van der Waals surface area contributed by atoms with Crippen LogP contribution in [0.25, 0.3) is 10.6 Å². The van der Waals surface area contributed by atoms with Crippen molar-refractivity contribution in [1.82, 2.24) is 10.3 Å². The number of carboxylic acids is 1. The fourth-order valence-electron chi connectivity index (χ4n) is 2.56. The van der Waals surface area contributed by atoms with Gasteiger partial charge in [-0.25, -0.2) is 4.98 Å². The minimum atomic E-state index is -0.790. The summed E-state index contributed by atoms with van der Waals surface area (Å²) in [6, 6.07) is 5.52. The quantitative estimate of drug-likeness (QED) is 0.601. The Morgan fingerprint density at radius 3 is 2.56 bits per heavy atom. The number of aromatic nitrogens is 1. The summed E-state index contributed by atoms with van der Waals surface area (Å²) in [5.41, 5.74) is 1.53. The van der Waals surface area contributed by atoms with Gasteiger partial charge in [-0.2, -0.15) is 0 Å². The van der Waals surface area contributed by atoms with Gasteiger partial charge in [-0.3, -0.25) is 9.59 Å². The third-order valence-corrected chi connectivity index (χ3v) is 5.19. The molecule has 1 heterocycles. The van der Waals surface area contributed by atoms with Crippen molar-refractivity contribution in [1.29, 1.82) is 0 Å². The predicted molar refractivity (Wildman–Crippen MR) is 104 cm³/mol. The molecule has 0 fully saturated rings. The van der Waals surface area contributed by atoms with Gasteiger partial charge in [0.25, 0.3) is 5.91 Å². The molecule has 0 saturated heterocycles. The summed E-state index contributed by atoms with van der Waals surface area (Å²) in [6.45, 7) is 2.32. The van der Waals surface area contributed by atoms with Gasteiger partial charge < -0.3 is 19.9 Å². The molecule has 0 bridgehead atoms. The van der Waals surface area contributed by atoms with Crippen LogP contribution in [0.1, 0.15) is 41.0 Å². The number of amides is 1. The zero-order valence-electron chi connectivity index (χ0n) is 15.7. The third kappa shape index (κ3) is 5.68. The summed E-state index contributed by atoms with van der Waals surface area (Å²) in [6.07, 6.45) is 2.30. The van der Waals surface area contributed by atoms with Gasteiger partial charge in [0.2, 0.25) is 0 Å². The van der Waals surface area contributed by atoms with Crippen LogP contribution in [-0.4, -0.2) is 42.7 Å². The number of hydrogen-bond acceptors (Lipinski definition) is 6. The first-order valence-electron chi connectivity index (χ1n) is 8.66. The van der Waals surface area contributed by atoms with Crippen molar-refractivity contribution >= 4 is 23.2 Å². The van der Waals surface area contributed by atoms with Crippen LogP contribution in [0.4, 0.5) is 0 Å². The van der Waals surface area contributed by atoms with E-state index in [0.717, 1.165) is 23.4 Å². The first kappa shape index (κ1) is 20.7. The van der Waals surface area contributed by atoms with Crippen LogP contribution < -0.4 is 14.8 Å². The number of benzene rings is 1. The number of hydrogen-bond donors (Lipinski definition) is 2. The summed E-state index contributed by atoms with van der Waals surface area (Å²) in [5.74, 6) is 0.294. The number of nitrogens with one attached hydrogen (secondary N) is 1. The number of carbonyl (C=O) groups is 2. The highest BCUT2D eigenvalue weighted by molar-refractivity contribution is 7.17. The fraction of sp³-hybridized carbons (Fsp3) is 0.421. The Balaban J connectivity index is 1.99. The molecular formula is C19H24N2O5S. The summed E-state index contributed by atoms with van der Waals surface area (Å²) >= 11 is 1.33. The number of methoxy groups -OCH3 is 2. The van der Waals surface area contributed by atoms with Gasteiger partial charge in [0.15, 0.2) is 11.5 Å². The molecule has 2 aromatic rings. The first-order valence-corrected chi connectivity index (χ1v) is 9.47. The molecule has 1 amide bonds. The van der Waals surface area contributed by atoms with E-state index in [2.05, 4.69) is 10.3 Å². The number of rotatable bonds is 10. The minimum Gasteiger partial charge on any atom is -0.493 e. The maximum absolute atomic E-state index is 12.4. The first-order chi connectivity index (χ1) is 13.0. The average Bonchev–Trinajstić information content (AvgIpc) is 3.05. The zero-order valence-corrected chi connectivity index (χ0v) is 16.5. The minimum absolute atomic E-state index is 0.157. The standard InChI is InChI=1S/C19H24N2O5S/c1-12-17(18(24)20-10-6-4-5-7-16(22)23)27-19(21-12)13-8-9-14(25-2)15(11-13)26-3/h8-9,11H,4-7,10H2,1-3H3,(H,20,24)(H,22,23). The van der Waals surface area contributed by atoms with E-state index >= 15 is 0 Å². The maximum atomic E-state index is 12.4. The topological polar surface area (TPSA) is 97.8 Å². The summed E-state index contributed by atoms with van der Waals surface area (Å²) in [5, 5.41) is 12.2.